The Kier molecular flexibility index (Phi) is 3.62. The summed E-state index contributed by atoms with van der Waals surface area (Å²) in [6, 6.07) is 6.97. The normalized spacial score (nSPS) is 15.6. The molecule has 0 amide bonds. The quantitative estimate of drug-likeness (QED) is 0.926. The largest absolute Gasteiger partial charge is 0.386 e. The minimum atomic E-state index is -0.487. The molecule has 3 rings (SSSR count). The summed E-state index contributed by atoms with van der Waals surface area (Å²) in [5.74, 6) is 0. The lowest BCUT2D eigenvalue weighted by molar-refractivity contribution is 0.167. The van der Waals surface area contributed by atoms with Crippen LogP contribution >= 0.6 is 0 Å². The van der Waals surface area contributed by atoms with Crippen molar-refractivity contribution in [2.75, 3.05) is 0 Å². The first-order valence-corrected chi connectivity index (χ1v) is 7.45. The summed E-state index contributed by atoms with van der Waals surface area (Å²) in [6.45, 7) is 4.21. The van der Waals surface area contributed by atoms with E-state index in [1.165, 1.54) is 36.0 Å². The van der Waals surface area contributed by atoms with Crippen molar-refractivity contribution < 1.29 is 5.11 Å². The SMILES string of the molecule is CC(C)n1cncc1C(O)Cc1ccc2c(c1)CCC2. The zero-order chi connectivity index (χ0) is 14.1. The number of fused-ring (bicyclic) bond motifs is 1. The number of aryl methyl sites for hydroxylation is 2. The first-order valence-electron chi connectivity index (χ1n) is 7.45. The number of rotatable bonds is 4. The van der Waals surface area contributed by atoms with Gasteiger partial charge in [-0.25, -0.2) is 4.98 Å². The van der Waals surface area contributed by atoms with E-state index < -0.39 is 6.10 Å². The van der Waals surface area contributed by atoms with E-state index in [9.17, 15) is 5.11 Å². The van der Waals surface area contributed by atoms with Gasteiger partial charge in [-0.3, -0.25) is 0 Å². The molecule has 20 heavy (non-hydrogen) atoms. The minimum absolute atomic E-state index is 0.321. The molecule has 3 heteroatoms. The van der Waals surface area contributed by atoms with Gasteiger partial charge in [0.1, 0.15) is 0 Å². The highest BCUT2D eigenvalue weighted by Crippen LogP contribution is 2.26. The fourth-order valence-corrected chi connectivity index (χ4v) is 3.08. The van der Waals surface area contributed by atoms with Crippen molar-refractivity contribution >= 4 is 0 Å². The maximum absolute atomic E-state index is 10.5. The van der Waals surface area contributed by atoms with E-state index in [4.69, 9.17) is 0 Å². The summed E-state index contributed by atoms with van der Waals surface area (Å²) in [7, 11) is 0. The number of imidazole rings is 1. The number of aliphatic hydroxyl groups excluding tert-OH is 1. The highest BCUT2D eigenvalue weighted by atomic mass is 16.3. The zero-order valence-electron chi connectivity index (χ0n) is 12.2. The Morgan fingerprint density at radius 1 is 1.25 bits per heavy atom. The average Bonchev–Trinajstić information content (AvgIpc) is 3.06. The van der Waals surface area contributed by atoms with E-state index in [1.54, 1.807) is 12.5 Å². The maximum Gasteiger partial charge on any atom is 0.0996 e. The van der Waals surface area contributed by atoms with Crippen LogP contribution in [0.3, 0.4) is 0 Å². The first-order chi connectivity index (χ1) is 9.65. The molecule has 0 radical (unpaired) electrons. The summed E-state index contributed by atoms with van der Waals surface area (Å²) in [5.41, 5.74) is 5.07. The van der Waals surface area contributed by atoms with Crippen LogP contribution in [-0.2, 0) is 19.3 Å². The summed E-state index contributed by atoms with van der Waals surface area (Å²) >= 11 is 0. The second-order valence-electron chi connectivity index (χ2n) is 6.00. The van der Waals surface area contributed by atoms with Gasteiger partial charge in [-0.1, -0.05) is 18.2 Å². The van der Waals surface area contributed by atoms with Gasteiger partial charge < -0.3 is 9.67 Å². The molecule has 0 bridgehead atoms. The molecule has 1 aromatic heterocycles. The summed E-state index contributed by atoms with van der Waals surface area (Å²) in [5, 5.41) is 10.5. The van der Waals surface area contributed by atoms with Crippen LogP contribution in [-0.4, -0.2) is 14.7 Å². The Balaban J connectivity index is 1.78. The number of hydrogen-bond donors (Lipinski definition) is 1. The van der Waals surface area contributed by atoms with Crippen LogP contribution in [0.4, 0.5) is 0 Å². The van der Waals surface area contributed by atoms with Gasteiger partial charge in [0.2, 0.25) is 0 Å². The fraction of sp³-hybridized carbons (Fsp3) is 0.471. The van der Waals surface area contributed by atoms with Gasteiger partial charge in [0.05, 0.1) is 24.3 Å². The molecule has 0 aliphatic heterocycles. The Bertz CT molecular complexity index is 601. The number of benzene rings is 1. The zero-order valence-corrected chi connectivity index (χ0v) is 12.2. The van der Waals surface area contributed by atoms with Gasteiger partial charge in [0, 0.05) is 12.5 Å². The lowest BCUT2D eigenvalue weighted by Gasteiger charge is -2.17. The predicted molar refractivity (Wildman–Crippen MR) is 79.7 cm³/mol. The van der Waals surface area contributed by atoms with Crippen LogP contribution in [0.25, 0.3) is 0 Å². The molecule has 1 atom stereocenters. The Morgan fingerprint density at radius 2 is 2.05 bits per heavy atom. The van der Waals surface area contributed by atoms with Crippen LogP contribution < -0.4 is 0 Å². The lowest BCUT2D eigenvalue weighted by Crippen LogP contribution is -2.11. The molecule has 0 spiro atoms. The monoisotopic (exact) mass is 270 g/mol. The molecule has 1 aliphatic rings. The van der Waals surface area contributed by atoms with Crippen LogP contribution in [0.5, 0.6) is 0 Å². The van der Waals surface area contributed by atoms with E-state index >= 15 is 0 Å². The second-order valence-corrected chi connectivity index (χ2v) is 6.00. The van der Waals surface area contributed by atoms with Crippen molar-refractivity contribution in [3.05, 3.63) is 53.1 Å². The van der Waals surface area contributed by atoms with E-state index in [0.29, 0.717) is 12.5 Å². The van der Waals surface area contributed by atoms with Gasteiger partial charge in [-0.05, 0) is 49.8 Å². The molecule has 3 nitrogen and oxygen atoms in total. The van der Waals surface area contributed by atoms with Gasteiger partial charge >= 0.3 is 0 Å². The Morgan fingerprint density at radius 3 is 2.85 bits per heavy atom. The van der Waals surface area contributed by atoms with E-state index in [0.717, 1.165) is 5.69 Å². The van der Waals surface area contributed by atoms with Crippen molar-refractivity contribution in [3.8, 4) is 0 Å². The third kappa shape index (κ3) is 2.50. The molecule has 1 aliphatic carbocycles. The molecule has 1 unspecified atom stereocenters. The minimum Gasteiger partial charge on any atom is -0.386 e. The molecule has 106 valence electrons. The summed E-state index contributed by atoms with van der Waals surface area (Å²) in [4.78, 5) is 4.17. The second kappa shape index (κ2) is 5.41. The highest BCUT2D eigenvalue weighted by Gasteiger charge is 2.17. The van der Waals surface area contributed by atoms with Gasteiger partial charge in [0.15, 0.2) is 0 Å². The molecular weight excluding hydrogens is 248 g/mol. The smallest absolute Gasteiger partial charge is 0.0996 e. The van der Waals surface area contributed by atoms with Crippen molar-refractivity contribution in [1.82, 2.24) is 9.55 Å². The van der Waals surface area contributed by atoms with Crippen molar-refractivity contribution in [1.29, 1.82) is 0 Å². The van der Waals surface area contributed by atoms with Crippen LogP contribution in [0.15, 0.2) is 30.7 Å². The van der Waals surface area contributed by atoms with E-state index in [1.807, 2.05) is 4.57 Å². The molecule has 1 N–H and O–H groups in total. The topological polar surface area (TPSA) is 38.0 Å². The molecule has 1 aromatic carbocycles. The number of nitrogens with zero attached hydrogens (tertiary/aromatic N) is 2. The average molecular weight is 270 g/mol. The molecule has 0 fully saturated rings. The molecule has 2 aromatic rings. The summed E-state index contributed by atoms with van der Waals surface area (Å²) in [6.07, 6.45) is 7.40. The van der Waals surface area contributed by atoms with Crippen LogP contribution in [0.1, 0.15) is 54.8 Å². The Labute approximate surface area is 120 Å². The number of aromatic nitrogens is 2. The van der Waals surface area contributed by atoms with Crippen molar-refractivity contribution in [2.24, 2.45) is 0 Å². The number of aliphatic hydroxyl groups is 1. The standard InChI is InChI=1S/C17H22N2O/c1-12(2)19-11-18-10-16(19)17(20)9-13-6-7-14-4-3-5-15(14)8-13/h6-8,10-12,17,20H,3-5,9H2,1-2H3. The van der Waals surface area contributed by atoms with Gasteiger partial charge in [0.25, 0.3) is 0 Å². The third-order valence-electron chi connectivity index (χ3n) is 4.19. The highest BCUT2D eigenvalue weighted by molar-refractivity contribution is 5.35. The Hall–Kier alpha value is -1.61. The maximum atomic E-state index is 10.5. The van der Waals surface area contributed by atoms with Gasteiger partial charge in [-0.2, -0.15) is 0 Å². The molecular formula is C17H22N2O. The van der Waals surface area contributed by atoms with Crippen LogP contribution in [0, 0.1) is 0 Å². The third-order valence-corrected chi connectivity index (χ3v) is 4.19. The van der Waals surface area contributed by atoms with E-state index in [-0.39, 0.29) is 0 Å². The van der Waals surface area contributed by atoms with Crippen LogP contribution in [0.2, 0.25) is 0 Å². The van der Waals surface area contributed by atoms with Crippen molar-refractivity contribution in [3.63, 3.8) is 0 Å². The summed E-state index contributed by atoms with van der Waals surface area (Å²) < 4.78 is 2.04. The lowest BCUT2D eigenvalue weighted by atomic mass is 10.0. The van der Waals surface area contributed by atoms with E-state index in [2.05, 4.69) is 37.0 Å². The molecule has 0 saturated heterocycles. The fourth-order valence-electron chi connectivity index (χ4n) is 3.08. The van der Waals surface area contributed by atoms with Gasteiger partial charge in [-0.15, -0.1) is 0 Å². The molecule has 1 heterocycles. The molecule has 0 saturated carbocycles. The predicted octanol–water partition coefficient (Wildman–Crippen LogP) is 3.23. The van der Waals surface area contributed by atoms with Crippen molar-refractivity contribution in [2.45, 2.75) is 51.7 Å². The number of hydrogen-bond acceptors (Lipinski definition) is 2. The first kappa shape index (κ1) is 13.4.